The van der Waals surface area contributed by atoms with Crippen molar-refractivity contribution in [1.29, 1.82) is 0 Å². The molecule has 0 aliphatic heterocycles. The summed E-state index contributed by atoms with van der Waals surface area (Å²) in [4.78, 5) is 2.34. The van der Waals surface area contributed by atoms with Crippen molar-refractivity contribution in [2.45, 2.75) is 13.5 Å². The molecule has 0 aliphatic carbocycles. The second-order valence-electron chi connectivity index (χ2n) is 3.48. The minimum Gasteiger partial charge on any atom is -0.294 e. The standard InChI is InChI=1S/C13H18ClN/c1-2-3-10-15(11-9-14)12-13-7-5-4-6-8-13/h2-8H,9-12H2,1H3/b3-2+. The van der Waals surface area contributed by atoms with E-state index in [4.69, 9.17) is 11.6 Å². The Morgan fingerprint density at radius 1 is 1.27 bits per heavy atom. The largest absolute Gasteiger partial charge is 0.294 e. The average Bonchev–Trinajstić information content (AvgIpc) is 2.28. The molecule has 0 N–H and O–H groups in total. The zero-order valence-corrected chi connectivity index (χ0v) is 9.95. The number of allylic oxidation sites excluding steroid dienone is 1. The molecule has 0 atom stereocenters. The summed E-state index contributed by atoms with van der Waals surface area (Å²) in [6.45, 7) is 4.91. The van der Waals surface area contributed by atoms with Crippen LogP contribution in [0.25, 0.3) is 0 Å². The predicted octanol–water partition coefficient (Wildman–Crippen LogP) is 3.30. The molecule has 15 heavy (non-hydrogen) atoms. The van der Waals surface area contributed by atoms with Crippen molar-refractivity contribution >= 4 is 11.6 Å². The zero-order valence-electron chi connectivity index (χ0n) is 9.20. The van der Waals surface area contributed by atoms with Crippen molar-refractivity contribution in [3.63, 3.8) is 0 Å². The summed E-state index contributed by atoms with van der Waals surface area (Å²) >= 11 is 5.78. The molecule has 0 unspecified atom stereocenters. The number of halogens is 1. The molecule has 0 saturated carbocycles. The van der Waals surface area contributed by atoms with Crippen molar-refractivity contribution in [3.05, 3.63) is 48.0 Å². The van der Waals surface area contributed by atoms with E-state index >= 15 is 0 Å². The van der Waals surface area contributed by atoms with Crippen LogP contribution in [0.4, 0.5) is 0 Å². The summed E-state index contributed by atoms with van der Waals surface area (Å²) in [5.41, 5.74) is 1.34. The van der Waals surface area contributed by atoms with E-state index in [1.807, 2.05) is 13.0 Å². The Hall–Kier alpha value is -0.790. The van der Waals surface area contributed by atoms with E-state index in [1.54, 1.807) is 0 Å². The second kappa shape index (κ2) is 7.49. The fraction of sp³-hybridized carbons (Fsp3) is 0.385. The average molecular weight is 224 g/mol. The third kappa shape index (κ3) is 5.01. The number of hydrogen-bond donors (Lipinski definition) is 0. The number of rotatable bonds is 6. The van der Waals surface area contributed by atoms with Gasteiger partial charge >= 0.3 is 0 Å². The van der Waals surface area contributed by atoms with Gasteiger partial charge in [-0.15, -0.1) is 11.6 Å². The van der Waals surface area contributed by atoms with Gasteiger partial charge in [0.15, 0.2) is 0 Å². The Bertz CT molecular complexity index is 282. The number of nitrogens with zero attached hydrogens (tertiary/aromatic N) is 1. The van der Waals surface area contributed by atoms with Crippen molar-refractivity contribution < 1.29 is 0 Å². The lowest BCUT2D eigenvalue weighted by atomic mass is 10.2. The van der Waals surface area contributed by atoms with Gasteiger partial charge in [0.05, 0.1) is 0 Å². The molecule has 1 nitrogen and oxygen atoms in total. The Morgan fingerprint density at radius 3 is 2.60 bits per heavy atom. The molecule has 1 aromatic carbocycles. The van der Waals surface area contributed by atoms with E-state index in [9.17, 15) is 0 Å². The molecule has 0 heterocycles. The van der Waals surface area contributed by atoms with Gasteiger partial charge in [-0.1, -0.05) is 42.5 Å². The SMILES string of the molecule is C/C=C/CN(CCCl)Cc1ccccc1. The van der Waals surface area contributed by atoms with E-state index in [0.29, 0.717) is 5.88 Å². The van der Waals surface area contributed by atoms with Crippen LogP contribution in [0, 0.1) is 0 Å². The first-order valence-electron chi connectivity index (χ1n) is 5.30. The summed E-state index contributed by atoms with van der Waals surface area (Å²) in [5, 5.41) is 0. The van der Waals surface area contributed by atoms with E-state index in [2.05, 4.69) is 41.3 Å². The maximum atomic E-state index is 5.78. The normalized spacial score (nSPS) is 11.4. The van der Waals surface area contributed by atoms with Crippen LogP contribution in [0.5, 0.6) is 0 Å². The molecule has 1 aromatic rings. The van der Waals surface area contributed by atoms with Crippen LogP contribution in [0.15, 0.2) is 42.5 Å². The molecule has 0 saturated heterocycles. The van der Waals surface area contributed by atoms with Gasteiger partial charge in [0.1, 0.15) is 0 Å². The van der Waals surface area contributed by atoms with E-state index in [0.717, 1.165) is 19.6 Å². The highest BCUT2D eigenvalue weighted by Crippen LogP contribution is 2.04. The summed E-state index contributed by atoms with van der Waals surface area (Å²) in [7, 11) is 0. The molecule has 0 fully saturated rings. The highest BCUT2D eigenvalue weighted by Gasteiger charge is 2.02. The zero-order chi connectivity index (χ0) is 10.9. The number of benzene rings is 1. The topological polar surface area (TPSA) is 3.24 Å². The minimum absolute atomic E-state index is 0.685. The van der Waals surface area contributed by atoms with Gasteiger partial charge in [-0.05, 0) is 12.5 Å². The lowest BCUT2D eigenvalue weighted by Crippen LogP contribution is -2.25. The van der Waals surface area contributed by atoms with Crippen LogP contribution in [-0.2, 0) is 6.54 Å². The van der Waals surface area contributed by atoms with Gasteiger partial charge in [0.25, 0.3) is 0 Å². The molecular formula is C13H18ClN. The minimum atomic E-state index is 0.685. The molecule has 1 rings (SSSR count). The van der Waals surface area contributed by atoms with Crippen LogP contribution >= 0.6 is 11.6 Å². The fourth-order valence-corrected chi connectivity index (χ4v) is 1.69. The van der Waals surface area contributed by atoms with Crippen LogP contribution in [0.3, 0.4) is 0 Å². The van der Waals surface area contributed by atoms with E-state index in [-0.39, 0.29) is 0 Å². The van der Waals surface area contributed by atoms with Gasteiger partial charge in [-0.3, -0.25) is 4.90 Å². The lowest BCUT2D eigenvalue weighted by molar-refractivity contribution is 0.313. The van der Waals surface area contributed by atoms with Gasteiger partial charge < -0.3 is 0 Å². The molecule has 0 amide bonds. The van der Waals surface area contributed by atoms with Crippen molar-refractivity contribution in [2.75, 3.05) is 19.0 Å². The molecule has 2 heteroatoms. The first-order valence-corrected chi connectivity index (χ1v) is 5.83. The van der Waals surface area contributed by atoms with Crippen LogP contribution in [-0.4, -0.2) is 23.9 Å². The van der Waals surface area contributed by atoms with Gasteiger partial charge in [-0.25, -0.2) is 0 Å². The third-order valence-corrected chi connectivity index (χ3v) is 2.42. The third-order valence-electron chi connectivity index (χ3n) is 2.25. The monoisotopic (exact) mass is 223 g/mol. The van der Waals surface area contributed by atoms with Crippen LogP contribution in [0.2, 0.25) is 0 Å². The summed E-state index contributed by atoms with van der Waals surface area (Å²) in [5.74, 6) is 0.685. The first-order chi connectivity index (χ1) is 7.36. The van der Waals surface area contributed by atoms with Gasteiger partial charge in [0, 0.05) is 25.5 Å². The molecule has 0 bridgehead atoms. The van der Waals surface area contributed by atoms with Crippen molar-refractivity contribution in [3.8, 4) is 0 Å². The van der Waals surface area contributed by atoms with E-state index < -0.39 is 0 Å². The Morgan fingerprint density at radius 2 is 2.00 bits per heavy atom. The number of hydrogen-bond acceptors (Lipinski definition) is 1. The van der Waals surface area contributed by atoms with Crippen LogP contribution < -0.4 is 0 Å². The molecule has 82 valence electrons. The molecule has 0 aliphatic rings. The van der Waals surface area contributed by atoms with Crippen molar-refractivity contribution in [2.24, 2.45) is 0 Å². The maximum Gasteiger partial charge on any atom is 0.0351 e. The van der Waals surface area contributed by atoms with Crippen molar-refractivity contribution in [1.82, 2.24) is 4.90 Å². The quantitative estimate of drug-likeness (QED) is 0.529. The molecule has 0 radical (unpaired) electrons. The summed E-state index contributed by atoms with van der Waals surface area (Å²) in [6, 6.07) is 10.5. The van der Waals surface area contributed by atoms with Gasteiger partial charge in [-0.2, -0.15) is 0 Å². The van der Waals surface area contributed by atoms with E-state index in [1.165, 1.54) is 5.56 Å². The first kappa shape index (κ1) is 12.3. The Balaban J connectivity index is 2.50. The molecular weight excluding hydrogens is 206 g/mol. The molecule has 0 spiro atoms. The highest BCUT2D eigenvalue weighted by molar-refractivity contribution is 6.18. The second-order valence-corrected chi connectivity index (χ2v) is 3.86. The molecule has 0 aromatic heterocycles. The Kier molecular flexibility index (Phi) is 6.14. The highest BCUT2D eigenvalue weighted by atomic mass is 35.5. The lowest BCUT2D eigenvalue weighted by Gasteiger charge is -2.19. The Labute approximate surface area is 97.4 Å². The van der Waals surface area contributed by atoms with Crippen LogP contribution in [0.1, 0.15) is 12.5 Å². The maximum absolute atomic E-state index is 5.78. The fourth-order valence-electron chi connectivity index (χ4n) is 1.45. The summed E-state index contributed by atoms with van der Waals surface area (Å²) < 4.78 is 0. The predicted molar refractivity (Wildman–Crippen MR) is 67.3 cm³/mol. The smallest absolute Gasteiger partial charge is 0.0351 e. The van der Waals surface area contributed by atoms with Gasteiger partial charge in [0.2, 0.25) is 0 Å². The number of alkyl halides is 1. The summed E-state index contributed by atoms with van der Waals surface area (Å²) in [6.07, 6.45) is 4.24.